The van der Waals surface area contributed by atoms with E-state index in [1.165, 1.54) is 24.6 Å². The van der Waals surface area contributed by atoms with Gasteiger partial charge < -0.3 is 14.6 Å². The van der Waals surface area contributed by atoms with E-state index in [0.717, 1.165) is 49.9 Å². The summed E-state index contributed by atoms with van der Waals surface area (Å²) in [6, 6.07) is 13.2. The molecule has 0 bridgehead atoms. The van der Waals surface area contributed by atoms with Gasteiger partial charge in [0.05, 0.1) is 30.0 Å². The van der Waals surface area contributed by atoms with Crippen LogP contribution in [0, 0.1) is 5.92 Å². The van der Waals surface area contributed by atoms with Crippen LogP contribution in [0.2, 0.25) is 0 Å². The number of carboxylic acids is 1. The standard InChI is InChI=1S/C21H26N2O2.C2HF3O2/c1-2-4-18-16(3-1)7-8-17(22-18)13-23-11-12-24-21-19(23)9-10-20(21)25-14-15-5-6-15;3-2(4,5)1(6)7/h1-4,7-8,15,19-21H,5-6,9-14H2;(H,6,7)/t19-,20-,21+;/m0./s1. The number of morpholine rings is 1. The van der Waals surface area contributed by atoms with Crippen LogP contribution in [0.25, 0.3) is 10.9 Å². The number of alkyl halides is 3. The van der Waals surface area contributed by atoms with Crippen LogP contribution in [0.15, 0.2) is 36.4 Å². The minimum absolute atomic E-state index is 0.243. The summed E-state index contributed by atoms with van der Waals surface area (Å²) in [4.78, 5) is 16.3. The highest BCUT2D eigenvalue weighted by Gasteiger charge is 2.44. The van der Waals surface area contributed by atoms with Crippen molar-refractivity contribution >= 4 is 16.9 Å². The average Bonchev–Trinajstić information content (AvgIpc) is 3.50. The maximum absolute atomic E-state index is 10.6. The lowest BCUT2D eigenvalue weighted by Gasteiger charge is -2.39. The molecule has 3 fully saturated rings. The summed E-state index contributed by atoms with van der Waals surface area (Å²) in [6.07, 6.45) is 0.450. The number of ether oxygens (including phenoxy) is 2. The van der Waals surface area contributed by atoms with Gasteiger partial charge in [-0.15, -0.1) is 0 Å². The number of aromatic nitrogens is 1. The molecule has 2 saturated carbocycles. The van der Waals surface area contributed by atoms with Gasteiger partial charge in [0, 0.05) is 31.1 Å². The summed E-state index contributed by atoms with van der Waals surface area (Å²) in [5.74, 6) is -1.94. The number of hydrogen-bond acceptors (Lipinski definition) is 5. The molecule has 0 radical (unpaired) electrons. The van der Waals surface area contributed by atoms with E-state index in [0.29, 0.717) is 6.04 Å². The lowest BCUT2D eigenvalue weighted by atomic mass is 10.1. The first-order valence-corrected chi connectivity index (χ1v) is 10.9. The van der Waals surface area contributed by atoms with Crippen LogP contribution in [-0.4, -0.2) is 65.1 Å². The van der Waals surface area contributed by atoms with Gasteiger partial charge in [0.2, 0.25) is 0 Å². The summed E-state index contributed by atoms with van der Waals surface area (Å²) >= 11 is 0. The molecule has 32 heavy (non-hydrogen) atoms. The molecule has 2 heterocycles. The Bertz CT molecular complexity index is 935. The van der Waals surface area contributed by atoms with Crippen molar-refractivity contribution in [1.29, 1.82) is 0 Å². The molecule has 1 N–H and O–H groups in total. The molecule has 5 rings (SSSR count). The number of carboxylic acid groups (broad SMARTS) is 1. The van der Waals surface area contributed by atoms with Crippen LogP contribution < -0.4 is 0 Å². The molecule has 174 valence electrons. The molecule has 0 unspecified atom stereocenters. The Morgan fingerprint density at radius 1 is 1.16 bits per heavy atom. The molecule has 2 aromatic rings. The third-order valence-corrected chi connectivity index (χ3v) is 6.16. The van der Waals surface area contributed by atoms with Crippen LogP contribution >= 0.6 is 0 Å². The first-order valence-electron chi connectivity index (χ1n) is 10.9. The van der Waals surface area contributed by atoms with Crippen molar-refractivity contribution in [3.05, 3.63) is 42.1 Å². The molecule has 1 aliphatic heterocycles. The first-order chi connectivity index (χ1) is 15.3. The normalized spacial score (nSPS) is 25.8. The fourth-order valence-electron chi connectivity index (χ4n) is 4.32. The number of halogens is 3. The Kier molecular flexibility index (Phi) is 6.97. The zero-order valence-electron chi connectivity index (χ0n) is 17.6. The third-order valence-electron chi connectivity index (χ3n) is 6.16. The van der Waals surface area contributed by atoms with Crippen molar-refractivity contribution in [2.45, 2.75) is 56.7 Å². The van der Waals surface area contributed by atoms with Gasteiger partial charge in [0.1, 0.15) is 0 Å². The summed E-state index contributed by atoms with van der Waals surface area (Å²) in [7, 11) is 0. The van der Waals surface area contributed by atoms with E-state index in [4.69, 9.17) is 24.4 Å². The Balaban J connectivity index is 0.000000307. The van der Waals surface area contributed by atoms with Crippen molar-refractivity contribution in [3.8, 4) is 0 Å². The second-order valence-electron chi connectivity index (χ2n) is 8.56. The molecule has 3 aliphatic rings. The molecular formula is C23H27F3N2O4. The maximum Gasteiger partial charge on any atom is 0.490 e. The van der Waals surface area contributed by atoms with Gasteiger partial charge in [-0.05, 0) is 43.7 Å². The molecule has 1 aromatic heterocycles. The quantitative estimate of drug-likeness (QED) is 0.739. The molecule has 1 saturated heterocycles. The van der Waals surface area contributed by atoms with Gasteiger partial charge in [0.25, 0.3) is 0 Å². The smallest absolute Gasteiger partial charge is 0.475 e. The van der Waals surface area contributed by atoms with Crippen molar-refractivity contribution in [3.63, 3.8) is 0 Å². The van der Waals surface area contributed by atoms with Gasteiger partial charge in [-0.1, -0.05) is 24.3 Å². The van der Waals surface area contributed by atoms with E-state index >= 15 is 0 Å². The van der Waals surface area contributed by atoms with Gasteiger partial charge in [0.15, 0.2) is 0 Å². The summed E-state index contributed by atoms with van der Waals surface area (Å²) in [6.45, 7) is 3.64. The molecule has 2 aliphatic carbocycles. The van der Waals surface area contributed by atoms with E-state index in [9.17, 15) is 13.2 Å². The Hall–Kier alpha value is -2.23. The largest absolute Gasteiger partial charge is 0.490 e. The van der Waals surface area contributed by atoms with E-state index in [1.807, 2.05) is 0 Å². The van der Waals surface area contributed by atoms with Crippen LogP contribution in [0.1, 0.15) is 31.4 Å². The molecule has 0 spiro atoms. The first kappa shape index (κ1) is 22.9. The Labute approximate surface area is 184 Å². The van der Waals surface area contributed by atoms with Crippen molar-refractivity contribution in [2.75, 3.05) is 19.8 Å². The number of aliphatic carboxylic acids is 1. The highest BCUT2D eigenvalue weighted by molar-refractivity contribution is 5.78. The second kappa shape index (κ2) is 9.72. The predicted molar refractivity (Wildman–Crippen MR) is 111 cm³/mol. The third kappa shape index (κ3) is 5.76. The monoisotopic (exact) mass is 452 g/mol. The summed E-state index contributed by atoms with van der Waals surface area (Å²) in [5.41, 5.74) is 2.24. The van der Waals surface area contributed by atoms with Crippen molar-refractivity contribution in [1.82, 2.24) is 9.88 Å². The summed E-state index contributed by atoms with van der Waals surface area (Å²) in [5, 5.41) is 8.33. The van der Waals surface area contributed by atoms with Gasteiger partial charge in [-0.25, -0.2) is 4.79 Å². The van der Waals surface area contributed by atoms with E-state index < -0.39 is 12.1 Å². The Morgan fingerprint density at radius 3 is 2.62 bits per heavy atom. The van der Waals surface area contributed by atoms with Crippen molar-refractivity contribution in [2.24, 2.45) is 5.92 Å². The molecule has 9 heteroatoms. The fraction of sp³-hybridized carbons (Fsp3) is 0.565. The molecule has 6 nitrogen and oxygen atoms in total. The van der Waals surface area contributed by atoms with Crippen LogP contribution in [0.3, 0.4) is 0 Å². The maximum atomic E-state index is 10.6. The minimum Gasteiger partial charge on any atom is -0.475 e. The number of rotatable bonds is 5. The van der Waals surface area contributed by atoms with E-state index in [2.05, 4.69) is 41.3 Å². The predicted octanol–water partition coefficient (Wildman–Crippen LogP) is 4.03. The number of pyridine rings is 1. The molecular weight excluding hydrogens is 425 g/mol. The number of carbonyl (C=O) groups is 1. The number of nitrogens with zero attached hydrogens (tertiary/aromatic N) is 2. The zero-order chi connectivity index (χ0) is 22.7. The Morgan fingerprint density at radius 2 is 1.91 bits per heavy atom. The number of benzene rings is 1. The van der Waals surface area contributed by atoms with Crippen molar-refractivity contribution < 1.29 is 32.5 Å². The summed E-state index contributed by atoms with van der Waals surface area (Å²) < 4.78 is 44.0. The lowest BCUT2D eigenvalue weighted by molar-refractivity contribution is -0.192. The van der Waals surface area contributed by atoms with Crippen LogP contribution in [0.5, 0.6) is 0 Å². The molecule has 1 aromatic carbocycles. The zero-order valence-corrected chi connectivity index (χ0v) is 17.6. The number of fused-ring (bicyclic) bond motifs is 2. The number of para-hydroxylation sites is 1. The number of hydrogen-bond donors (Lipinski definition) is 1. The average molecular weight is 452 g/mol. The molecule has 3 atom stereocenters. The minimum atomic E-state index is -5.08. The SMILES string of the molecule is O=C(O)C(F)(F)F.c1ccc2nc(CN3CCO[C@H]4[C@@H](OCC5CC5)CC[C@@H]43)ccc2c1. The topological polar surface area (TPSA) is 71.9 Å². The van der Waals surface area contributed by atoms with Crippen LogP contribution in [-0.2, 0) is 20.8 Å². The highest BCUT2D eigenvalue weighted by atomic mass is 19.4. The van der Waals surface area contributed by atoms with Gasteiger partial charge in [-0.3, -0.25) is 9.88 Å². The fourth-order valence-corrected chi connectivity index (χ4v) is 4.32. The van der Waals surface area contributed by atoms with E-state index in [-0.39, 0.29) is 12.2 Å². The van der Waals surface area contributed by atoms with Gasteiger partial charge >= 0.3 is 12.1 Å². The van der Waals surface area contributed by atoms with E-state index in [1.54, 1.807) is 0 Å². The lowest BCUT2D eigenvalue weighted by Crippen LogP contribution is -2.51. The van der Waals surface area contributed by atoms with Gasteiger partial charge in [-0.2, -0.15) is 13.2 Å². The second-order valence-corrected chi connectivity index (χ2v) is 8.56. The van der Waals surface area contributed by atoms with Crippen LogP contribution in [0.4, 0.5) is 13.2 Å². The molecule has 0 amide bonds. The highest BCUT2D eigenvalue weighted by Crippen LogP contribution is 2.35.